The van der Waals surface area contributed by atoms with E-state index in [0.29, 0.717) is 16.5 Å². The minimum Gasteiger partial charge on any atom is -0.339 e. The van der Waals surface area contributed by atoms with Crippen LogP contribution < -0.4 is 0 Å². The fourth-order valence-corrected chi connectivity index (χ4v) is 5.19. The summed E-state index contributed by atoms with van der Waals surface area (Å²) in [5, 5.41) is 2.77. The quantitative estimate of drug-likeness (QED) is 0.472. The van der Waals surface area contributed by atoms with E-state index in [9.17, 15) is 4.79 Å². The number of carbonyl (C=O) groups excluding carboxylic acids is 1. The molecule has 3 heterocycles. The van der Waals surface area contributed by atoms with Gasteiger partial charge < -0.3 is 4.90 Å². The maximum Gasteiger partial charge on any atom is 0.253 e. The van der Waals surface area contributed by atoms with E-state index in [-0.39, 0.29) is 5.91 Å². The molecule has 1 aromatic carbocycles. The summed E-state index contributed by atoms with van der Waals surface area (Å²) in [4.78, 5) is 20.4. The highest BCUT2D eigenvalue weighted by Gasteiger charge is 2.25. The van der Waals surface area contributed by atoms with Gasteiger partial charge >= 0.3 is 0 Å². The normalized spacial score (nSPS) is 16.8. The number of benzene rings is 1. The minimum atomic E-state index is 0.0912. The van der Waals surface area contributed by atoms with Crippen LogP contribution in [0.25, 0.3) is 21.6 Å². The molecule has 1 aliphatic heterocycles. The summed E-state index contributed by atoms with van der Waals surface area (Å²) in [6.45, 7) is 1.70. The molecule has 2 fully saturated rings. The zero-order chi connectivity index (χ0) is 19.8. The van der Waals surface area contributed by atoms with Gasteiger partial charge in [-0.2, -0.15) is 0 Å². The summed E-state index contributed by atoms with van der Waals surface area (Å²) in [5.41, 5.74) is 5.17. The number of aromatic nitrogens is 1. The van der Waals surface area contributed by atoms with E-state index in [1.54, 1.807) is 11.3 Å². The SMILES string of the molecule is O=C(c1ccc(-c2csc(-c3ccnc(C4CC4)c3)c2)c(Cl)c1)N1CCCCC1. The molecule has 0 atom stereocenters. The van der Waals surface area contributed by atoms with E-state index < -0.39 is 0 Å². The predicted molar refractivity (Wildman–Crippen MR) is 120 cm³/mol. The van der Waals surface area contributed by atoms with Crippen molar-refractivity contribution in [3.8, 4) is 21.6 Å². The summed E-state index contributed by atoms with van der Waals surface area (Å²) in [7, 11) is 0. The summed E-state index contributed by atoms with van der Waals surface area (Å²) in [5.74, 6) is 0.738. The second-order valence-corrected chi connectivity index (χ2v) is 9.31. The Morgan fingerprint density at radius 3 is 2.62 bits per heavy atom. The van der Waals surface area contributed by atoms with Crippen LogP contribution in [0.5, 0.6) is 0 Å². The minimum absolute atomic E-state index is 0.0912. The fraction of sp³-hybridized carbons (Fsp3) is 0.333. The van der Waals surface area contributed by atoms with E-state index in [1.165, 1.54) is 35.4 Å². The Morgan fingerprint density at radius 1 is 1.03 bits per heavy atom. The molecule has 5 rings (SSSR count). The predicted octanol–water partition coefficient (Wildman–Crippen LogP) is 6.63. The van der Waals surface area contributed by atoms with E-state index in [2.05, 4.69) is 28.6 Å². The Kier molecular flexibility index (Phi) is 5.15. The summed E-state index contributed by atoms with van der Waals surface area (Å²) < 4.78 is 0. The highest BCUT2D eigenvalue weighted by atomic mass is 35.5. The van der Waals surface area contributed by atoms with Gasteiger partial charge in [-0.3, -0.25) is 9.78 Å². The van der Waals surface area contributed by atoms with Crippen LogP contribution in [0, 0.1) is 0 Å². The fourth-order valence-electron chi connectivity index (χ4n) is 3.99. The van der Waals surface area contributed by atoms with Gasteiger partial charge in [0, 0.05) is 51.9 Å². The number of amides is 1. The second kappa shape index (κ2) is 7.92. The number of carbonyl (C=O) groups is 1. The van der Waals surface area contributed by atoms with Crippen molar-refractivity contribution in [2.24, 2.45) is 0 Å². The first kappa shape index (κ1) is 18.8. The Labute approximate surface area is 180 Å². The highest BCUT2D eigenvalue weighted by Crippen LogP contribution is 2.41. The zero-order valence-electron chi connectivity index (χ0n) is 16.2. The number of hydrogen-bond donors (Lipinski definition) is 0. The Hall–Kier alpha value is -2.17. The lowest BCUT2D eigenvalue weighted by Crippen LogP contribution is -2.35. The molecule has 0 unspecified atom stereocenters. The van der Waals surface area contributed by atoms with Crippen LogP contribution in [0.4, 0.5) is 0 Å². The molecular weight excluding hydrogens is 400 g/mol. The molecule has 1 saturated heterocycles. The molecule has 0 spiro atoms. The lowest BCUT2D eigenvalue weighted by Gasteiger charge is -2.26. The van der Waals surface area contributed by atoms with Crippen LogP contribution in [0.2, 0.25) is 5.02 Å². The van der Waals surface area contributed by atoms with Crippen LogP contribution in [-0.2, 0) is 0 Å². The smallest absolute Gasteiger partial charge is 0.253 e. The van der Waals surface area contributed by atoms with Gasteiger partial charge in [-0.1, -0.05) is 17.7 Å². The summed E-state index contributed by atoms with van der Waals surface area (Å²) in [6.07, 6.45) is 7.81. The van der Waals surface area contributed by atoms with Crippen molar-refractivity contribution in [3.05, 3.63) is 64.3 Å². The monoisotopic (exact) mass is 422 g/mol. The molecule has 1 saturated carbocycles. The Balaban J connectivity index is 1.39. The van der Waals surface area contributed by atoms with Crippen LogP contribution in [-0.4, -0.2) is 28.9 Å². The molecule has 2 aliphatic rings. The first-order valence-corrected chi connectivity index (χ1v) is 11.6. The average Bonchev–Trinajstić information content (AvgIpc) is 3.51. The topological polar surface area (TPSA) is 33.2 Å². The van der Waals surface area contributed by atoms with Crippen molar-refractivity contribution in [1.82, 2.24) is 9.88 Å². The van der Waals surface area contributed by atoms with Crippen molar-refractivity contribution in [2.75, 3.05) is 13.1 Å². The third kappa shape index (κ3) is 3.96. The van der Waals surface area contributed by atoms with Crippen molar-refractivity contribution in [3.63, 3.8) is 0 Å². The number of nitrogens with zero attached hydrogens (tertiary/aromatic N) is 2. The van der Waals surface area contributed by atoms with Crippen LogP contribution in [0.3, 0.4) is 0 Å². The van der Waals surface area contributed by atoms with Crippen molar-refractivity contribution < 1.29 is 4.79 Å². The van der Waals surface area contributed by atoms with Crippen molar-refractivity contribution >= 4 is 28.8 Å². The number of likely N-dealkylation sites (tertiary alicyclic amines) is 1. The third-order valence-electron chi connectivity index (χ3n) is 5.83. The van der Waals surface area contributed by atoms with Gasteiger partial charge in [0.05, 0.1) is 0 Å². The Bertz CT molecular complexity index is 1050. The first-order chi connectivity index (χ1) is 14.2. The number of halogens is 1. The number of thiophene rings is 1. The third-order valence-corrected chi connectivity index (χ3v) is 7.12. The molecule has 148 valence electrons. The Morgan fingerprint density at radius 2 is 1.86 bits per heavy atom. The van der Waals surface area contributed by atoms with Gasteiger partial charge in [-0.25, -0.2) is 0 Å². The molecule has 1 aliphatic carbocycles. The van der Waals surface area contributed by atoms with E-state index in [4.69, 9.17) is 11.6 Å². The summed E-state index contributed by atoms with van der Waals surface area (Å²) in [6, 6.07) is 12.2. The van der Waals surface area contributed by atoms with Gasteiger partial charge in [0.25, 0.3) is 5.91 Å². The average molecular weight is 423 g/mol. The van der Waals surface area contributed by atoms with Crippen LogP contribution >= 0.6 is 22.9 Å². The number of piperidine rings is 1. The van der Waals surface area contributed by atoms with Crippen molar-refractivity contribution in [1.29, 1.82) is 0 Å². The molecule has 3 nitrogen and oxygen atoms in total. The van der Waals surface area contributed by atoms with E-state index >= 15 is 0 Å². The molecule has 2 aromatic heterocycles. The largest absolute Gasteiger partial charge is 0.339 e. The maximum atomic E-state index is 12.7. The standard InChI is InChI=1S/C24H23ClN2OS/c25-21-12-18(24(28)27-10-2-1-3-11-27)6-7-20(21)19-14-23(29-15-19)17-8-9-26-22(13-17)16-4-5-16/h6-9,12-16H,1-5,10-11H2. The molecule has 5 heteroatoms. The first-order valence-electron chi connectivity index (χ1n) is 10.3. The van der Waals surface area contributed by atoms with Crippen molar-refractivity contribution in [2.45, 2.75) is 38.0 Å². The number of hydrogen-bond acceptors (Lipinski definition) is 3. The maximum absolute atomic E-state index is 12.7. The lowest BCUT2D eigenvalue weighted by molar-refractivity contribution is 0.0724. The van der Waals surface area contributed by atoms with E-state index in [1.807, 2.05) is 29.3 Å². The molecule has 0 N–H and O–H groups in total. The van der Waals surface area contributed by atoms with Gasteiger partial charge in [0.2, 0.25) is 0 Å². The molecular formula is C24H23ClN2OS. The van der Waals surface area contributed by atoms with Gasteiger partial charge in [-0.15, -0.1) is 11.3 Å². The summed E-state index contributed by atoms with van der Waals surface area (Å²) >= 11 is 8.32. The second-order valence-electron chi connectivity index (χ2n) is 7.99. The highest BCUT2D eigenvalue weighted by molar-refractivity contribution is 7.14. The van der Waals surface area contributed by atoms with Crippen LogP contribution in [0.15, 0.2) is 48.0 Å². The molecule has 0 bridgehead atoms. The van der Waals surface area contributed by atoms with Gasteiger partial charge in [0.15, 0.2) is 0 Å². The molecule has 29 heavy (non-hydrogen) atoms. The molecule has 3 aromatic rings. The number of pyridine rings is 1. The van der Waals surface area contributed by atoms with E-state index in [0.717, 1.165) is 37.1 Å². The van der Waals surface area contributed by atoms with Crippen LogP contribution in [0.1, 0.15) is 54.1 Å². The number of rotatable bonds is 4. The van der Waals surface area contributed by atoms with Gasteiger partial charge in [-0.05, 0) is 78.9 Å². The van der Waals surface area contributed by atoms with Gasteiger partial charge in [0.1, 0.15) is 0 Å². The molecule has 1 amide bonds. The zero-order valence-corrected chi connectivity index (χ0v) is 17.8. The lowest BCUT2D eigenvalue weighted by atomic mass is 10.0. The molecule has 0 radical (unpaired) electrons.